The molecule has 0 spiro atoms. The first-order valence-electron chi connectivity index (χ1n) is 5.62. The lowest BCUT2D eigenvalue weighted by atomic mass is 10.1. The van der Waals surface area contributed by atoms with Crippen molar-refractivity contribution in [2.24, 2.45) is 0 Å². The molecule has 0 aromatic carbocycles. The lowest BCUT2D eigenvalue weighted by Crippen LogP contribution is -2.41. The molecule has 0 aliphatic carbocycles. The van der Waals surface area contributed by atoms with Gasteiger partial charge in [-0.2, -0.15) is 4.31 Å². The van der Waals surface area contributed by atoms with Gasteiger partial charge in [-0.3, -0.25) is 4.79 Å². The third-order valence-corrected chi connectivity index (χ3v) is 4.91. The summed E-state index contributed by atoms with van der Waals surface area (Å²) in [6.45, 7) is 2.40. The Morgan fingerprint density at radius 1 is 1.41 bits per heavy atom. The highest BCUT2D eigenvalue weighted by atomic mass is 32.2. The van der Waals surface area contributed by atoms with Gasteiger partial charge in [-0.25, -0.2) is 8.42 Å². The van der Waals surface area contributed by atoms with E-state index in [9.17, 15) is 13.2 Å². The van der Waals surface area contributed by atoms with Crippen LogP contribution in [0.25, 0.3) is 0 Å². The molecule has 17 heavy (non-hydrogen) atoms. The van der Waals surface area contributed by atoms with E-state index in [1.165, 1.54) is 16.4 Å². The van der Waals surface area contributed by atoms with Crippen LogP contribution in [0.1, 0.15) is 36.7 Å². The third kappa shape index (κ3) is 2.28. The Labute approximate surface area is 100 Å². The quantitative estimate of drug-likeness (QED) is 0.772. The summed E-state index contributed by atoms with van der Waals surface area (Å²) in [5.41, 5.74) is 0. The van der Waals surface area contributed by atoms with Crippen LogP contribution in [0.3, 0.4) is 0 Å². The van der Waals surface area contributed by atoms with E-state index in [2.05, 4.69) is 0 Å². The highest BCUT2D eigenvalue weighted by Gasteiger charge is 2.33. The normalized spacial score (nSPS) is 22.5. The first kappa shape index (κ1) is 12.3. The Kier molecular flexibility index (Phi) is 3.35. The minimum Gasteiger partial charge on any atom is -0.440 e. The van der Waals surface area contributed by atoms with E-state index >= 15 is 0 Å². The standard InChI is InChI=1S/C11H15NO4S/c1-9-4-2-3-7-12(9)17(14,15)11-6-5-10(8-13)16-11/h5-6,8-9H,2-4,7H2,1H3. The summed E-state index contributed by atoms with van der Waals surface area (Å²) in [5.74, 6) is 0.0354. The van der Waals surface area contributed by atoms with Crippen molar-refractivity contribution < 1.29 is 17.6 Å². The van der Waals surface area contributed by atoms with E-state index in [4.69, 9.17) is 4.42 Å². The van der Waals surface area contributed by atoms with Crippen LogP contribution >= 0.6 is 0 Å². The molecule has 0 radical (unpaired) electrons. The molecule has 2 rings (SSSR count). The molecule has 5 nitrogen and oxygen atoms in total. The molecular formula is C11H15NO4S. The average molecular weight is 257 g/mol. The predicted octanol–water partition coefficient (Wildman–Crippen LogP) is 1.66. The zero-order valence-corrected chi connectivity index (χ0v) is 10.4. The van der Waals surface area contributed by atoms with Crippen LogP contribution in [0.5, 0.6) is 0 Å². The summed E-state index contributed by atoms with van der Waals surface area (Å²) in [4.78, 5) is 10.5. The molecule has 1 aliphatic heterocycles. The van der Waals surface area contributed by atoms with Crippen molar-refractivity contribution in [3.05, 3.63) is 17.9 Å². The second kappa shape index (κ2) is 4.62. The number of aldehydes is 1. The molecule has 1 atom stereocenters. The molecule has 94 valence electrons. The number of hydrogen-bond acceptors (Lipinski definition) is 4. The van der Waals surface area contributed by atoms with Crippen LogP contribution in [0.2, 0.25) is 0 Å². The molecule has 2 heterocycles. The number of carbonyl (C=O) groups is 1. The Morgan fingerprint density at radius 2 is 2.18 bits per heavy atom. The van der Waals surface area contributed by atoms with Gasteiger partial charge in [0.1, 0.15) is 0 Å². The van der Waals surface area contributed by atoms with Crippen molar-refractivity contribution in [2.75, 3.05) is 6.54 Å². The maximum Gasteiger partial charge on any atom is 0.276 e. The summed E-state index contributed by atoms with van der Waals surface area (Å²) in [7, 11) is -3.59. The maximum atomic E-state index is 12.2. The second-order valence-corrected chi connectivity index (χ2v) is 6.06. The summed E-state index contributed by atoms with van der Waals surface area (Å²) in [6, 6.07) is 2.69. The summed E-state index contributed by atoms with van der Waals surface area (Å²) < 4.78 is 30.9. The van der Waals surface area contributed by atoms with Crippen LogP contribution in [0.4, 0.5) is 0 Å². The summed E-state index contributed by atoms with van der Waals surface area (Å²) in [5, 5.41) is -0.145. The van der Waals surface area contributed by atoms with Gasteiger partial charge in [0.15, 0.2) is 12.0 Å². The molecule has 1 unspecified atom stereocenters. The number of furan rings is 1. The number of hydrogen-bond donors (Lipinski definition) is 0. The molecule has 1 fully saturated rings. The molecule has 0 N–H and O–H groups in total. The lowest BCUT2D eigenvalue weighted by Gasteiger charge is -2.31. The van der Waals surface area contributed by atoms with Gasteiger partial charge in [-0.05, 0) is 31.9 Å². The summed E-state index contributed by atoms with van der Waals surface area (Å²) >= 11 is 0. The van der Waals surface area contributed by atoms with Gasteiger partial charge in [0, 0.05) is 12.6 Å². The lowest BCUT2D eigenvalue weighted by molar-refractivity contribution is 0.109. The topological polar surface area (TPSA) is 67.6 Å². The fraction of sp³-hybridized carbons (Fsp3) is 0.545. The van der Waals surface area contributed by atoms with Crippen LogP contribution in [-0.4, -0.2) is 31.6 Å². The van der Waals surface area contributed by atoms with Crippen molar-refractivity contribution in [2.45, 2.75) is 37.3 Å². The first-order chi connectivity index (χ1) is 8.05. The van der Waals surface area contributed by atoms with Crippen molar-refractivity contribution in [1.29, 1.82) is 0 Å². The number of sulfonamides is 1. The molecule has 1 aromatic rings. The van der Waals surface area contributed by atoms with E-state index in [-0.39, 0.29) is 16.9 Å². The minimum atomic E-state index is -3.59. The Balaban J connectivity index is 2.31. The summed E-state index contributed by atoms with van der Waals surface area (Å²) in [6.07, 6.45) is 3.27. The van der Waals surface area contributed by atoms with Crippen molar-refractivity contribution >= 4 is 16.3 Å². The van der Waals surface area contributed by atoms with Gasteiger partial charge >= 0.3 is 0 Å². The molecule has 1 aromatic heterocycles. The predicted molar refractivity (Wildman–Crippen MR) is 61.3 cm³/mol. The zero-order chi connectivity index (χ0) is 12.5. The van der Waals surface area contributed by atoms with Crippen LogP contribution in [-0.2, 0) is 10.0 Å². The molecular weight excluding hydrogens is 242 g/mol. The van der Waals surface area contributed by atoms with Crippen molar-refractivity contribution in [1.82, 2.24) is 4.31 Å². The molecule has 0 bridgehead atoms. The van der Waals surface area contributed by atoms with E-state index in [1.54, 1.807) is 0 Å². The van der Waals surface area contributed by atoms with E-state index in [1.807, 2.05) is 6.92 Å². The van der Waals surface area contributed by atoms with Crippen molar-refractivity contribution in [3.63, 3.8) is 0 Å². The van der Waals surface area contributed by atoms with Gasteiger partial charge in [0.2, 0.25) is 5.09 Å². The third-order valence-electron chi connectivity index (χ3n) is 3.02. The van der Waals surface area contributed by atoms with Crippen LogP contribution < -0.4 is 0 Å². The highest BCUT2D eigenvalue weighted by Crippen LogP contribution is 2.25. The number of carbonyl (C=O) groups excluding carboxylic acids is 1. The monoisotopic (exact) mass is 257 g/mol. The smallest absolute Gasteiger partial charge is 0.276 e. The molecule has 6 heteroatoms. The zero-order valence-electron chi connectivity index (χ0n) is 9.63. The number of nitrogens with zero attached hydrogens (tertiary/aromatic N) is 1. The number of rotatable bonds is 3. The van der Waals surface area contributed by atoms with Crippen LogP contribution in [0, 0.1) is 0 Å². The largest absolute Gasteiger partial charge is 0.440 e. The maximum absolute atomic E-state index is 12.2. The Morgan fingerprint density at radius 3 is 2.76 bits per heavy atom. The van der Waals surface area contributed by atoms with Gasteiger partial charge in [-0.1, -0.05) is 6.42 Å². The van der Waals surface area contributed by atoms with Crippen molar-refractivity contribution in [3.8, 4) is 0 Å². The fourth-order valence-electron chi connectivity index (χ4n) is 2.08. The van der Waals surface area contributed by atoms with E-state index in [0.29, 0.717) is 12.8 Å². The molecule has 0 amide bonds. The van der Waals surface area contributed by atoms with Gasteiger partial charge in [0.25, 0.3) is 10.0 Å². The second-order valence-electron chi connectivity index (χ2n) is 4.24. The van der Waals surface area contributed by atoms with Gasteiger partial charge < -0.3 is 4.42 Å². The SMILES string of the molecule is CC1CCCCN1S(=O)(=O)c1ccc(C=O)o1. The minimum absolute atomic E-state index is 0.0152. The average Bonchev–Trinajstić information content (AvgIpc) is 2.78. The molecule has 1 aliphatic rings. The molecule has 1 saturated heterocycles. The van der Waals surface area contributed by atoms with E-state index < -0.39 is 10.0 Å². The Hall–Kier alpha value is -1.14. The fourth-order valence-corrected chi connectivity index (χ4v) is 3.70. The first-order valence-corrected chi connectivity index (χ1v) is 7.06. The number of piperidine rings is 1. The highest BCUT2D eigenvalue weighted by molar-refractivity contribution is 7.89. The van der Waals surface area contributed by atoms with Gasteiger partial charge in [-0.15, -0.1) is 0 Å². The van der Waals surface area contributed by atoms with Gasteiger partial charge in [0.05, 0.1) is 0 Å². The van der Waals surface area contributed by atoms with Crippen LogP contribution in [0.15, 0.2) is 21.6 Å². The Bertz CT molecular complexity index is 505. The van der Waals surface area contributed by atoms with E-state index in [0.717, 1.165) is 19.3 Å². The molecule has 0 saturated carbocycles.